The van der Waals surface area contributed by atoms with Gasteiger partial charge in [-0.3, -0.25) is 9.69 Å². The van der Waals surface area contributed by atoms with E-state index in [1.54, 1.807) is 18.2 Å². The van der Waals surface area contributed by atoms with Crippen LogP contribution in [0.25, 0.3) is 0 Å². The summed E-state index contributed by atoms with van der Waals surface area (Å²) < 4.78 is 6.03. The molecule has 0 aliphatic carbocycles. The number of carbonyl (C=O) groups excluding carboxylic acids is 2. The third-order valence-electron chi connectivity index (χ3n) is 5.14. The first-order valence-electron chi connectivity index (χ1n) is 9.42. The van der Waals surface area contributed by atoms with E-state index in [-0.39, 0.29) is 11.9 Å². The molecule has 1 N–H and O–H groups in total. The second kappa shape index (κ2) is 7.32. The third-order valence-corrected chi connectivity index (χ3v) is 5.38. The number of rotatable bonds is 6. The number of halogens is 1. The van der Waals surface area contributed by atoms with Crippen molar-refractivity contribution in [3.05, 3.63) is 28.8 Å². The molecule has 1 aromatic carbocycles. The molecule has 2 aliphatic rings. The molecule has 3 amide bonds. The summed E-state index contributed by atoms with van der Waals surface area (Å²) in [7, 11) is 4.08. The van der Waals surface area contributed by atoms with Crippen LogP contribution >= 0.6 is 11.6 Å². The quantitative estimate of drug-likeness (QED) is 0.594. The fourth-order valence-electron chi connectivity index (χ4n) is 4.00. The highest BCUT2D eigenvalue weighted by atomic mass is 35.5. The Morgan fingerprint density at radius 3 is 2.67 bits per heavy atom. The average Bonchev–Trinajstić information content (AvgIpc) is 2.78. The lowest BCUT2D eigenvalue weighted by Gasteiger charge is -2.42. The number of amides is 3. The van der Waals surface area contributed by atoms with Crippen molar-refractivity contribution in [1.29, 1.82) is 0 Å². The number of benzene rings is 1. The topological polar surface area (TPSA) is 61.9 Å². The molecule has 2 aliphatic heterocycles. The van der Waals surface area contributed by atoms with Gasteiger partial charge in [-0.1, -0.05) is 18.0 Å². The summed E-state index contributed by atoms with van der Waals surface area (Å²) in [5, 5.41) is 3.47. The van der Waals surface area contributed by atoms with E-state index in [0.29, 0.717) is 29.3 Å². The largest absolute Gasteiger partial charge is 0.487 e. The maximum absolute atomic E-state index is 13.4. The van der Waals surface area contributed by atoms with Crippen molar-refractivity contribution in [2.45, 2.75) is 50.7 Å². The summed E-state index contributed by atoms with van der Waals surface area (Å²) in [5.74, 6) is 0.386. The van der Waals surface area contributed by atoms with Gasteiger partial charge >= 0.3 is 6.03 Å². The number of nitrogens with one attached hydrogen (secondary N) is 1. The lowest BCUT2D eigenvalue weighted by atomic mass is 9.77. The molecule has 1 fully saturated rings. The van der Waals surface area contributed by atoms with Crippen LogP contribution in [0.5, 0.6) is 5.75 Å². The molecule has 148 valence electrons. The molecule has 0 radical (unpaired) electrons. The van der Waals surface area contributed by atoms with Crippen LogP contribution in [0.4, 0.5) is 4.79 Å². The van der Waals surface area contributed by atoms with Gasteiger partial charge in [-0.2, -0.15) is 0 Å². The minimum atomic E-state index is -1.11. The highest BCUT2D eigenvalue weighted by molar-refractivity contribution is 6.30. The van der Waals surface area contributed by atoms with Crippen molar-refractivity contribution >= 4 is 23.5 Å². The lowest BCUT2D eigenvalue weighted by Crippen LogP contribution is -2.53. The Labute approximate surface area is 165 Å². The highest BCUT2D eigenvalue weighted by Crippen LogP contribution is 2.47. The van der Waals surface area contributed by atoms with Gasteiger partial charge in [-0.15, -0.1) is 0 Å². The fourth-order valence-corrected chi connectivity index (χ4v) is 4.17. The zero-order valence-electron chi connectivity index (χ0n) is 16.5. The van der Waals surface area contributed by atoms with Crippen molar-refractivity contribution in [2.24, 2.45) is 0 Å². The van der Waals surface area contributed by atoms with Crippen molar-refractivity contribution in [1.82, 2.24) is 15.1 Å². The molecular weight excluding hydrogens is 366 g/mol. The number of carbonyl (C=O) groups is 2. The number of urea groups is 1. The van der Waals surface area contributed by atoms with Crippen molar-refractivity contribution in [3.63, 3.8) is 0 Å². The predicted octanol–water partition coefficient (Wildman–Crippen LogP) is 3.38. The van der Waals surface area contributed by atoms with Crippen LogP contribution in [0.2, 0.25) is 5.02 Å². The maximum atomic E-state index is 13.4. The van der Waals surface area contributed by atoms with E-state index in [1.807, 2.05) is 27.9 Å². The summed E-state index contributed by atoms with van der Waals surface area (Å²) in [6, 6.07) is 4.89. The number of hydrogen-bond acceptors (Lipinski definition) is 4. The Morgan fingerprint density at radius 1 is 1.22 bits per heavy atom. The van der Waals surface area contributed by atoms with Crippen LogP contribution in [0.1, 0.15) is 45.1 Å². The summed E-state index contributed by atoms with van der Waals surface area (Å²) >= 11 is 6.18. The Hall–Kier alpha value is -1.79. The first kappa shape index (κ1) is 20.0. The molecule has 6 nitrogen and oxygen atoms in total. The Morgan fingerprint density at radius 2 is 1.96 bits per heavy atom. The highest BCUT2D eigenvalue weighted by Gasteiger charge is 2.58. The monoisotopic (exact) mass is 393 g/mol. The summed E-state index contributed by atoms with van der Waals surface area (Å²) in [6.07, 6.45) is 3.18. The molecule has 1 spiro atoms. The molecule has 0 saturated carbocycles. The number of ether oxygens (including phenoxy) is 1. The number of imide groups is 1. The van der Waals surface area contributed by atoms with E-state index in [4.69, 9.17) is 16.3 Å². The van der Waals surface area contributed by atoms with E-state index >= 15 is 0 Å². The smallest absolute Gasteiger partial charge is 0.325 e. The SMILES string of the molecule is CN(C)CCCCCN1C(=O)NC2(CC(C)(C)Oc3ccc(Cl)cc32)C1=O. The minimum absolute atomic E-state index is 0.208. The van der Waals surface area contributed by atoms with E-state index in [0.717, 1.165) is 25.8 Å². The van der Waals surface area contributed by atoms with Crippen molar-refractivity contribution < 1.29 is 14.3 Å². The van der Waals surface area contributed by atoms with Crippen LogP contribution in [0, 0.1) is 0 Å². The van der Waals surface area contributed by atoms with Crippen LogP contribution in [0.3, 0.4) is 0 Å². The fraction of sp³-hybridized carbons (Fsp3) is 0.600. The normalized spacial score (nSPS) is 23.6. The Bertz CT molecular complexity index is 750. The minimum Gasteiger partial charge on any atom is -0.487 e. The van der Waals surface area contributed by atoms with Gasteiger partial charge in [0.15, 0.2) is 5.54 Å². The number of fused-ring (bicyclic) bond motifs is 2. The molecule has 7 heteroatoms. The average molecular weight is 394 g/mol. The molecule has 1 atom stereocenters. The number of nitrogens with zero attached hydrogens (tertiary/aromatic N) is 2. The Kier molecular flexibility index (Phi) is 5.41. The molecule has 2 heterocycles. The van der Waals surface area contributed by atoms with Gasteiger partial charge < -0.3 is 15.0 Å². The van der Waals surface area contributed by atoms with Crippen LogP contribution < -0.4 is 10.1 Å². The van der Waals surface area contributed by atoms with Crippen LogP contribution in [0.15, 0.2) is 18.2 Å². The van der Waals surface area contributed by atoms with Gasteiger partial charge in [0.1, 0.15) is 11.4 Å². The summed E-state index contributed by atoms with van der Waals surface area (Å²) in [5.41, 5.74) is -1.04. The molecule has 1 aromatic rings. The molecular formula is C20H28ClN3O3. The van der Waals surface area contributed by atoms with Crippen LogP contribution in [-0.4, -0.2) is 54.5 Å². The molecule has 3 rings (SSSR count). The predicted molar refractivity (Wildman–Crippen MR) is 105 cm³/mol. The van der Waals surface area contributed by atoms with Gasteiger partial charge in [-0.25, -0.2) is 4.79 Å². The molecule has 1 saturated heterocycles. The standard InChI is InChI=1S/C20H28ClN3O3/c1-19(2)13-20(15-12-14(21)8-9-16(15)27-19)17(25)24(18(26)22-20)11-7-5-6-10-23(3)4/h8-9,12H,5-7,10-11,13H2,1-4H3,(H,22,26). The van der Waals surface area contributed by atoms with E-state index in [9.17, 15) is 9.59 Å². The van der Waals surface area contributed by atoms with Gasteiger partial charge in [0, 0.05) is 23.6 Å². The molecule has 0 aromatic heterocycles. The van der Waals surface area contributed by atoms with Gasteiger partial charge in [0.25, 0.3) is 5.91 Å². The van der Waals surface area contributed by atoms with E-state index < -0.39 is 11.1 Å². The van der Waals surface area contributed by atoms with Gasteiger partial charge in [0.05, 0.1) is 0 Å². The first-order chi connectivity index (χ1) is 12.6. The zero-order valence-corrected chi connectivity index (χ0v) is 17.2. The van der Waals surface area contributed by atoms with Crippen LogP contribution in [-0.2, 0) is 10.3 Å². The van der Waals surface area contributed by atoms with Crippen molar-refractivity contribution in [3.8, 4) is 5.75 Å². The maximum Gasteiger partial charge on any atom is 0.325 e. The number of hydrogen-bond donors (Lipinski definition) is 1. The Balaban J connectivity index is 1.81. The molecule has 27 heavy (non-hydrogen) atoms. The zero-order chi connectivity index (χ0) is 19.8. The molecule has 0 bridgehead atoms. The summed E-state index contributed by atoms with van der Waals surface area (Å²) in [6.45, 7) is 5.28. The molecule has 1 unspecified atom stereocenters. The first-order valence-corrected chi connectivity index (χ1v) is 9.80. The van der Waals surface area contributed by atoms with Crippen molar-refractivity contribution in [2.75, 3.05) is 27.2 Å². The third kappa shape index (κ3) is 3.92. The second-order valence-electron chi connectivity index (χ2n) is 8.34. The van der Waals surface area contributed by atoms with Gasteiger partial charge in [-0.05, 0) is 65.5 Å². The van der Waals surface area contributed by atoms with E-state index in [1.165, 1.54) is 4.90 Å². The van der Waals surface area contributed by atoms with Gasteiger partial charge in [0.2, 0.25) is 0 Å². The lowest BCUT2D eigenvalue weighted by molar-refractivity contribution is -0.134. The van der Waals surface area contributed by atoms with E-state index in [2.05, 4.69) is 10.2 Å². The second-order valence-corrected chi connectivity index (χ2v) is 8.77. The summed E-state index contributed by atoms with van der Waals surface area (Å²) in [4.78, 5) is 29.5. The number of unbranched alkanes of at least 4 members (excludes halogenated alkanes) is 2.